The number of anilines is 1. The molecule has 2 N–H and O–H groups in total. The number of amides is 1. The van der Waals surface area contributed by atoms with Gasteiger partial charge in [0.1, 0.15) is 11.6 Å². The minimum atomic E-state index is -0.468. The van der Waals surface area contributed by atoms with Crippen LogP contribution < -0.4 is 15.4 Å². The van der Waals surface area contributed by atoms with Crippen LogP contribution in [0.15, 0.2) is 48.5 Å². The summed E-state index contributed by atoms with van der Waals surface area (Å²) in [7, 11) is 1.55. The Morgan fingerprint density at radius 2 is 1.86 bits per heavy atom. The SMILES string of the molecule is COc1ccccc1NC(=O)[C@H](C)NCc1ccccc1F. The molecule has 1 atom stereocenters. The lowest BCUT2D eigenvalue weighted by Crippen LogP contribution is -2.37. The smallest absolute Gasteiger partial charge is 0.241 e. The number of para-hydroxylation sites is 2. The van der Waals surface area contributed by atoms with Crippen LogP contribution in [0.5, 0.6) is 5.75 Å². The summed E-state index contributed by atoms with van der Waals surface area (Å²) in [4.78, 5) is 12.2. The molecule has 5 heteroatoms. The van der Waals surface area contributed by atoms with Gasteiger partial charge in [0.25, 0.3) is 0 Å². The van der Waals surface area contributed by atoms with Crippen molar-refractivity contribution in [2.75, 3.05) is 12.4 Å². The maximum absolute atomic E-state index is 13.5. The van der Waals surface area contributed by atoms with Gasteiger partial charge in [0, 0.05) is 12.1 Å². The minimum absolute atomic E-state index is 0.208. The first-order valence-corrected chi connectivity index (χ1v) is 7.02. The largest absolute Gasteiger partial charge is 0.495 e. The molecule has 0 radical (unpaired) electrons. The molecule has 0 aliphatic rings. The Morgan fingerprint density at radius 3 is 2.59 bits per heavy atom. The molecule has 0 saturated heterocycles. The number of hydrogen-bond acceptors (Lipinski definition) is 3. The lowest BCUT2D eigenvalue weighted by Gasteiger charge is -2.16. The standard InChI is InChI=1S/C17H19FN2O2/c1-12(19-11-13-7-3-4-8-14(13)18)17(21)20-15-9-5-6-10-16(15)22-2/h3-10,12,19H,11H2,1-2H3,(H,20,21)/t12-/m0/s1. The van der Waals surface area contributed by atoms with Crippen LogP contribution in [-0.4, -0.2) is 19.1 Å². The first-order valence-electron chi connectivity index (χ1n) is 7.02. The minimum Gasteiger partial charge on any atom is -0.495 e. The third-order valence-electron chi connectivity index (χ3n) is 3.31. The average Bonchev–Trinajstić information content (AvgIpc) is 2.54. The van der Waals surface area contributed by atoms with Gasteiger partial charge in [-0.1, -0.05) is 30.3 Å². The third kappa shape index (κ3) is 4.05. The highest BCUT2D eigenvalue weighted by molar-refractivity contribution is 5.95. The maximum Gasteiger partial charge on any atom is 0.241 e. The number of carbonyl (C=O) groups is 1. The van der Waals surface area contributed by atoms with Crippen LogP contribution in [0.3, 0.4) is 0 Å². The van der Waals surface area contributed by atoms with Crippen LogP contribution in [-0.2, 0) is 11.3 Å². The fourth-order valence-corrected chi connectivity index (χ4v) is 1.99. The number of nitrogens with one attached hydrogen (secondary N) is 2. The zero-order valence-corrected chi connectivity index (χ0v) is 12.6. The number of rotatable bonds is 6. The molecule has 0 heterocycles. The molecule has 2 aromatic rings. The Hall–Kier alpha value is -2.40. The van der Waals surface area contributed by atoms with Gasteiger partial charge < -0.3 is 15.4 Å². The van der Waals surface area contributed by atoms with E-state index in [0.29, 0.717) is 17.0 Å². The van der Waals surface area contributed by atoms with Gasteiger partial charge in [0.15, 0.2) is 0 Å². The Labute approximate surface area is 129 Å². The maximum atomic E-state index is 13.5. The normalized spacial score (nSPS) is 11.8. The fraction of sp³-hybridized carbons (Fsp3) is 0.235. The summed E-state index contributed by atoms with van der Waals surface area (Å²) in [5, 5.41) is 5.80. The zero-order valence-electron chi connectivity index (χ0n) is 12.6. The van der Waals surface area contributed by atoms with E-state index in [1.807, 2.05) is 12.1 Å². The second-order valence-electron chi connectivity index (χ2n) is 4.88. The second kappa shape index (κ2) is 7.56. The Kier molecular flexibility index (Phi) is 5.49. The van der Waals surface area contributed by atoms with Crippen molar-refractivity contribution in [1.29, 1.82) is 0 Å². The van der Waals surface area contributed by atoms with E-state index in [1.54, 1.807) is 44.4 Å². The summed E-state index contributed by atoms with van der Waals surface area (Å²) in [5.41, 5.74) is 1.13. The monoisotopic (exact) mass is 302 g/mol. The molecular weight excluding hydrogens is 283 g/mol. The summed E-state index contributed by atoms with van der Waals surface area (Å²) < 4.78 is 18.7. The van der Waals surface area contributed by atoms with E-state index >= 15 is 0 Å². The van der Waals surface area contributed by atoms with Crippen LogP contribution in [0.1, 0.15) is 12.5 Å². The highest BCUT2D eigenvalue weighted by Crippen LogP contribution is 2.23. The van der Waals surface area contributed by atoms with Crippen molar-refractivity contribution >= 4 is 11.6 Å². The molecule has 0 aliphatic heterocycles. The predicted molar refractivity (Wildman–Crippen MR) is 84.3 cm³/mol. The van der Waals surface area contributed by atoms with Gasteiger partial charge in [-0.25, -0.2) is 4.39 Å². The lowest BCUT2D eigenvalue weighted by atomic mass is 10.2. The van der Waals surface area contributed by atoms with Crippen molar-refractivity contribution in [2.45, 2.75) is 19.5 Å². The Balaban J connectivity index is 1.94. The molecule has 22 heavy (non-hydrogen) atoms. The molecule has 2 rings (SSSR count). The van der Waals surface area contributed by atoms with Gasteiger partial charge in [-0.05, 0) is 25.1 Å². The van der Waals surface area contributed by atoms with Gasteiger partial charge in [0.05, 0.1) is 18.8 Å². The highest BCUT2D eigenvalue weighted by atomic mass is 19.1. The van der Waals surface area contributed by atoms with Crippen molar-refractivity contribution in [3.8, 4) is 5.75 Å². The second-order valence-corrected chi connectivity index (χ2v) is 4.88. The van der Waals surface area contributed by atoms with Gasteiger partial charge in [0.2, 0.25) is 5.91 Å². The number of halogens is 1. The first kappa shape index (κ1) is 16.0. The van der Waals surface area contributed by atoms with Crippen molar-refractivity contribution in [2.24, 2.45) is 0 Å². The average molecular weight is 302 g/mol. The summed E-state index contributed by atoms with van der Waals surface area (Å²) >= 11 is 0. The van der Waals surface area contributed by atoms with E-state index in [0.717, 1.165) is 0 Å². The lowest BCUT2D eigenvalue weighted by molar-refractivity contribution is -0.117. The summed E-state index contributed by atoms with van der Waals surface area (Å²) in [6, 6.07) is 13.2. The van der Waals surface area contributed by atoms with Crippen LogP contribution in [0.2, 0.25) is 0 Å². The van der Waals surface area contributed by atoms with E-state index in [9.17, 15) is 9.18 Å². The quantitative estimate of drug-likeness (QED) is 0.862. The summed E-state index contributed by atoms with van der Waals surface area (Å²) in [6.07, 6.45) is 0. The van der Waals surface area contributed by atoms with Gasteiger partial charge in [-0.2, -0.15) is 0 Å². The van der Waals surface area contributed by atoms with Crippen molar-refractivity contribution < 1.29 is 13.9 Å². The molecule has 0 fully saturated rings. The molecule has 0 spiro atoms. The molecule has 1 amide bonds. The number of hydrogen-bond donors (Lipinski definition) is 2. The van der Waals surface area contributed by atoms with Crippen LogP contribution in [0, 0.1) is 5.82 Å². The van der Waals surface area contributed by atoms with Crippen molar-refractivity contribution in [3.05, 3.63) is 59.9 Å². The summed E-state index contributed by atoms with van der Waals surface area (Å²) in [5.74, 6) is 0.102. The Bertz CT molecular complexity index is 646. The number of benzene rings is 2. The first-order chi connectivity index (χ1) is 10.6. The van der Waals surface area contributed by atoms with Crippen LogP contribution in [0.4, 0.5) is 10.1 Å². The van der Waals surface area contributed by atoms with Gasteiger partial charge >= 0.3 is 0 Å². The number of carbonyl (C=O) groups excluding carboxylic acids is 1. The van der Waals surface area contributed by atoms with Crippen LogP contribution in [0.25, 0.3) is 0 Å². The van der Waals surface area contributed by atoms with Crippen molar-refractivity contribution in [3.63, 3.8) is 0 Å². The van der Waals surface area contributed by atoms with Gasteiger partial charge in [-0.15, -0.1) is 0 Å². The van der Waals surface area contributed by atoms with Gasteiger partial charge in [-0.3, -0.25) is 4.79 Å². The van der Waals surface area contributed by atoms with E-state index in [1.165, 1.54) is 6.07 Å². The summed E-state index contributed by atoms with van der Waals surface area (Å²) in [6.45, 7) is 2.01. The zero-order chi connectivity index (χ0) is 15.9. The molecule has 0 bridgehead atoms. The van der Waals surface area contributed by atoms with E-state index in [4.69, 9.17) is 4.74 Å². The van der Waals surface area contributed by atoms with E-state index < -0.39 is 6.04 Å². The molecule has 0 saturated carbocycles. The van der Waals surface area contributed by atoms with Crippen molar-refractivity contribution in [1.82, 2.24) is 5.32 Å². The molecule has 2 aromatic carbocycles. The molecular formula is C17H19FN2O2. The van der Waals surface area contributed by atoms with Crippen LogP contribution >= 0.6 is 0 Å². The molecule has 116 valence electrons. The third-order valence-corrected chi connectivity index (χ3v) is 3.31. The Morgan fingerprint density at radius 1 is 1.18 bits per heavy atom. The highest BCUT2D eigenvalue weighted by Gasteiger charge is 2.14. The number of methoxy groups -OCH3 is 1. The molecule has 0 aliphatic carbocycles. The van der Waals surface area contributed by atoms with E-state index in [-0.39, 0.29) is 18.3 Å². The fourth-order valence-electron chi connectivity index (χ4n) is 1.99. The predicted octanol–water partition coefficient (Wildman–Crippen LogP) is 2.95. The molecule has 4 nitrogen and oxygen atoms in total. The molecule has 0 aromatic heterocycles. The molecule has 0 unspecified atom stereocenters. The van der Waals surface area contributed by atoms with E-state index in [2.05, 4.69) is 10.6 Å². The number of ether oxygens (including phenoxy) is 1. The topological polar surface area (TPSA) is 50.4 Å².